The zero-order valence-electron chi connectivity index (χ0n) is 20.4. The van der Waals surface area contributed by atoms with Gasteiger partial charge in [-0.05, 0) is 42.5 Å². The largest absolute Gasteiger partial charge is 0.439 e. The van der Waals surface area contributed by atoms with E-state index in [2.05, 4.69) is 27.1 Å². The molecule has 3 aromatic rings. The van der Waals surface area contributed by atoms with E-state index in [0.717, 1.165) is 50.4 Å². The third-order valence-corrected chi connectivity index (χ3v) is 6.28. The van der Waals surface area contributed by atoms with Gasteiger partial charge < -0.3 is 19.3 Å². The van der Waals surface area contributed by atoms with E-state index in [0.29, 0.717) is 17.7 Å². The molecule has 2 fully saturated rings. The second kappa shape index (κ2) is 11.1. The highest BCUT2D eigenvalue weighted by Crippen LogP contribution is 2.33. The minimum atomic E-state index is -0.0292. The van der Waals surface area contributed by atoms with Crippen molar-refractivity contribution in [2.45, 2.75) is 13.5 Å². The highest BCUT2D eigenvalue weighted by molar-refractivity contribution is 5.77. The molecule has 2 aliphatic rings. The van der Waals surface area contributed by atoms with Gasteiger partial charge in [-0.1, -0.05) is 18.2 Å². The van der Waals surface area contributed by atoms with Crippen LogP contribution in [0.2, 0.25) is 0 Å². The predicted molar refractivity (Wildman–Crippen MR) is 134 cm³/mol. The van der Waals surface area contributed by atoms with Gasteiger partial charge in [0.1, 0.15) is 12.0 Å². The number of amides is 1. The molecule has 2 aliphatic heterocycles. The standard InChI is InChI=1S/C24H28N6O2.C2H4O/c1-27(2)21-11-26-30(17-21)24(31)29-15-19-13-28(14-20(19)16-29)12-18-6-5-7-22(10-18)32-23-8-3-4-9-25-23;1-2-3/h3-11,17,19-20H,12-16H2,1-2H3;2H,1H3. The number of carbonyl (C=O) groups excluding carboxylic acids is 2. The molecular formula is C26H32N6O3. The molecule has 35 heavy (non-hydrogen) atoms. The molecule has 2 aromatic heterocycles. The lowest BCUT2D eigenvalue weighted by atomic mass is 10.0. The summed E-state index contributed by atoms with van der Waals surface area (Å²) in [4.78, 5) is 32.3. The van der Waals surface area contributed by atoms with Crippen molar-refractivity contribution in [2.75, 3.05) is 45.2 Å². The zero-order chi connectivity index (χ0) is 24.8. The Morgan fingerprint density at radius 1 is 1.11 bits per heavy atom. The van der Waals surface area contributed by atoms with E-state index in [4.69, 9.17) is 9.53 Å². The Labute approximate surface area is 205 Å². The molecule has 4 heterocycles. The number of anilines is 1. The van der Waals surface area contributed by atoms with Crippen molar-refractivity contribution in [1.29, 1.82) is 0 Å². The topological polar surface area (TPSA) is 83.8 Å². The lowest BCUT2D eigenvalue weighted by molar-refractivity contribution is -0.106. The highest BCUT2D eigenvalue weighted by atomic mass is 16.5. The maximum Gasteiger partial charge on any atom is 0.344 e. The number of rotatable bonds is 5. The van der Waals surface area contributed by atoms with E-state index in [-0.39, 0.29) is 6.03 Å². The fraction of sp³-hybridized carbons (Fsp3) is 0.385. The molecule has 184 valence electrons. The van der Waals surface area contributed by atoms with Crippen molar-refractivity contribution in [3.8, 4) is 11.6 Å². The summed E-state index contributed by atoms with van der Waals surface area (Å²) < 4.78 is 7.33. The fourth-order valence-corrected chi connectivity index (χ4v) is 4.66. The van der Waals surface area contributed by atoms with Crippen LogP contribution in [0.25, 0.3) is 0 Å². The average molecular weight is 477 g/mol. The molecule has 9 nitrogen and oxygen atoms in total. The first-order valence-electron chi connectivity index (χ1n) is 11.8. The lowest BCUT2D eigenvalue weighted by Crippen LogP contribution is -2.36. The van der Waals surface area contributed by atoms with Crippen LogP contribution in [0.3, 0.4) is 0 Å². The number of pyridine rings is 1. The molecule has 2 atom stereocenters. The first-order chi connectivity index (χ1) is 17.0. The van der Waals surface area contributed by atoms with E-state index in [1.54, 1.807) is 18.6 Å². The Morgan fingerprint density at radius 3 is 2.49 bits per heavy atom. The highest BCUT2D eigenvalue weighted by Gasteiger charge is 2.41. The number of benzene rings is 1. The molecule has 0 N–H and O–H groups in total. The molecule has 1 amide bonds. The summed E-state index contributed by atoms with van der Waals surface area (Å²) in [5, 5.41) is 4.24. The monoisotopic (exact) mass is 476 g/mol. The normalized spacial score (nSPS) is 19.0. The summed E-state index contributed by atoms with van der Waals surface area (Å²) >= 11 is 0. The summed E-state index contributed by atoms with van der Waals surface area (Å²) in [5.74, 6) is 2.42. The smallest absolute Gasteiger partial charge is 0.344 e. The first kappa shape index (κ1) is 24.4. The Bertz CT molecular complexity index is 1120. The van der Waals surface area contributed by atoms with Gasteiger partial charge >= 0.3 is 6.03 Å². The van der Waals surface area contributed by atoms with Crippen LogP contribution in [-0.4, -0.2) is 77.2 Å². The third kappa shape index (κ3) is 6.05. The molecule has 0 aliphatic carbocycles. The van der Waals surface area contributed by atoms with E-state index in [1.807, 2.05) is 54.2 Å². The van der Waals surface area contributed by atoms with E-state index in [1.165, 1.54) is 17.2 Å². The number of nitrogens with zero attached hydrogens (tertiary/aromatic N) is 6. The van der Waals surface area contributed by atoms with Crippen molar-refractivity contribution < 1.29 is 14.3 Å². The summed E-state index contributed by atoms with van der Waals surface area (Å²) in [6.45, 7) is 5.91. The molecule has 1 aromatic carbocycles. The molecule has 2 unspecified atom stereocenters. The number of ether oxygens (including phenoxy) is 1. The molecule has 9 heteroatoms. The van der Waals surface area contributed by atoms with Crippen LogP contribution >= 0.6 is 0 Å². The lowest BCUT2D eigenvalue weighted by Gasteiger charge is -2.21. The van der Waals surface area contributed by atoms with Crippen molar-refractivity contribution in [3.05, 3.63) is 66.6 Å². The van der Waals surface area contributed by atoms with Gasteiger partial charge in [-0.2, -0.15) is 9.78 Å². The van der Waals surface area contributed by atoms with Crippen LogP contribution in [0, 0.1) is 11.8 Å². The Kier molecular flexibility index (Phi) is 7.77. The molecule has 2 saturated heterocycles. The number of hydrogen-bond donors (Lipinski definition) is 0. The van der Waals surface area contributed by atoms with Gasteiger partial charge in [0, 0.05) is 59.1 Å². The fourth-order valence-electron chi connectivity index (χ4n) is 4.66. The van der Waals surface area contributed by atoms with Gasteiger partial charge in [-0.15, -0.1) is 0 Å². The summed E-state index contributed by atoms with van der Waals surface area (Å²) in [7, 11) is 3.89. The van der Waals surface area contributed by atoms with Gasteiger partial charge in [0.25, 0.3) is 0 Å². The van der Waals surface area contributed by atoms with Gasteiger partial charge in [0.2, 0.25) is 5.88 Å². The number of aromatic nitrogens is 3. The van der Waals surface area contributed by atoms with E-state index < -0.39 is 0 Å². The van der Waals surface area contributed by atoms with Crippen LogP contribution in [0.4, 0.5) is 10.5 Å². The minimum absolute atomic E-state index is 0.0292. The average Bonchev–Trinajstić information content (AvgIpc) is 3.56. The third-order valence-electron chi connectivity index (χ3n) is 6.28. The molecule has 0 spiro atoms. The molecule has 5 rings (SSSR count). The maximum atomic E-state index is 12.8. The van der Waals surface area contributed by atoms with Gasteiger partial charge in [-0.25, -0.2) is 9.78 Å². The maximum absolute atomic E-state index is 12.8. The number of fused-ring (bicyclic) bond motifs is 1. The van der Waals surface area contributed by atoms with Crippen LogP contribution < -0.4 is 9.64 Å². The van der Waals surface area contributed by atoms with Gasteiger partial charge in [-0.3, -0.25) is 4.90 Å². The van der Waals surface area contributed by atoms with Gasteiger partial charge in [0.05, 0.1) is 18.1 Å². The number of likely N-dealkylation sites (tertiary alicyclic amines) is 2. The number of aldehydes is 1. The first-order valence-corrected chi connectivity index (χ1v) is 11.8. The van der Waals surface area contributed by atoms with Gasteiger partial charge in [0.15, 0.2) is 0 Å². The molecular weight excluding hydrogens is 444 g/mol. The predicted octanol–water partition coefficient (Wildman–Crippen LogP) is 3.37. The van der Waals surface area contributed by atoms with Crippen LogP contribution in [0.1, 0.15) is 12.5 Å². The SMILES string of the molecule is CC=O.CN(C)c1cnn(C(=O)N2CC3CN(Cc4cccc(Oc5ccccn5)c4)CC3C2)c1. The second-order valence-electron chi connectivity index (χ2n) is 9.09. The van der Waals surface area contributed by atoms with Crippen molar-refractivity contribution in [3.63, 3.8) is 0 Å². The Morgan fingerprint density at radius 2 is 1.86 bits per heavy atom. The Hall–Kier alpha value is -3.72. The number of hydrogen-bond acceptors (Lipinski definition) is 7. The van der Waals surface area contributed by atoms with E-state index in [9.17, 15) is 4.79 Å². The summed E-state index contributed by atoms with van der Waals surface area (Å²) in [6.07, 6.45) is 5.99. The van der Waals surface area contributed by atoms with Crippen molar-refractivity contribution >= 4 is 18.0 Å². The van der Waals surface area contributed by atoms with Crippen LogP contribution in [0.5, 0.6) is 11.6 Å². The Balaban J connectivity index is 0.000000917. The number of carbonyl (C=O) groups is 2. The molecule has 0 radical (unpaired) electrons. The summed E-state index contributed by atoms with van der Waals surface area (Å²) in [5.41, 5.74) is 2.15. The van der Waals surface area contributed by atoms with E-state index >= 15 is 0 Å². The zero-order valence-corrected chi connectivity index (χ0v) is 20.4. The second-order valence-corrected chi connectivity index (χ2v) is 9.09. The van der Waals surface area contributed by atoms with Crippen molar-refractivity contribution in [2.24, 2.45) is 11.8 Å². The molecule has 0 saturated carbocycles. The van der Waals surface area contributed by atoms with Crippen LogP contribution in [0.15, 0.2) is 61.1 Å². The van der Waals surface area contributed by atoms with Crippen molar-refractivity contribution in [1.82, 2.24) is 24.6 Å². The minimum Gasteiger partial charge on any atom is -0.439 e. The molecule has 0 bridgehead atoms. The van der Waals surface area contributed by atoms with Crippen LogP contribution in [-0.2, 0) is 11.3 Å². The quantitative estimate of drug-likeness (QED) is 0.522. The summed E-state index contributed by atoms with van der Waals surface area (Å²) in [6, 6.07) is 13.8.